The SMILES string of the molecule is CC(C)(C)C#CCC(=O)C1(c2ccccc2)CCC1. The molecule has 1 saturated carbocycles. The molecule has 0 radical (unpaired) electrons. The van der Waals surface area contributed by atoms with Crippen LogP contribution in [0.2, 0.25) is 0 Å². The summed E-state index contributed by atoms with van der Waals surface area (Å²) in [5.74, 6) is 6.52. The minimum atomic E-state index is -0.242. The molecule has 0 amide bonds. The quantitative estimate of drug-likeness (QED) is 0.742. The summed E-state index contributed by atoms with van der Waals surface area (Å²) < 4.78 is 0. The minimum Gasteiger partial charge on any atom is -0.298 e. The molecule has 0 saturated heterocycles. The summed E-state index contributed by atoms with van der Waals surface area (Å²) in [4.78, 5) is 12.5. The van der Waals surface area contributed by atoms with Gasteiger partial charge in [-0.1, -0.05) is 48.6 Å². The maximum atomic E-state index is 12.5. The fourth-order valence-corrected chi connectivity index (χ4v) is 2.57. The van der Waals surface area contributed by atoms with E-state index in [0.29, 0.717) is 12.2 Å². The second-order valence-corrected chi connectivity index (χ2v) is 6.45. The van der Waals surface area contributed by atoms with Crippen LogP contribution in [0.25, 0.3) is 0 Å². The molecule has 0 bridgehead atoms. The highest BCUT2D eigenvalue weighted by Gasteiger charge is 2.44. The van der Waals surface area contributed by atoms with Crippen LogP contribution in [-0.4, -0.2) is 5.78 Å². The van der Waals surface area contributed by atoms with Gasteiger partial charge < -0.3 is 0 Å². The Labute approximate surface area is 116 Å². The lowest BCUT2D eigenvalue weighted by Crippen LogP contribution is -2.42. The molecule has 1 heteroatoms. The first-order valence-corrected chi connectivity index (χ1v) is 7.03. The van der Waals surface area contributed by atoms with Gasteiger partial charge in [0.2, 0.25) is 0 Å². The monoisotopic (exact) mass is 254 g/mol. The summed E-state index contributed by atoms with van der Waals surface area (Å²) in [6, 6.07) is 10.2. The number of carbonyl (C=O) groups is 1. The molecule has 1 aliphatic rings. The van der Waals surface area contributed by atoms with Crippen LogP contribution in [0.1, 0.15) is 52.0 Å². The average molecular weight is 254 g/mol. The smallest absolute Gasteiger partial charge is 0.155 e. The van der Waals surface area contributed by atoms with Gasteiger partial charge in [-0.2, -0.15) is 0 Å². The van der Waals surface area contributed by atoms with Crippen molar-refractivity contribution in [1.82, 2.24) is 0 Å². The molecule has 1 aromatic rings. The average Bonchev–Trinajstić information content (AvgIpc) is 2.27. The second-order valence-electron chi connectivity index (χ2n) is 6.45. The Kier molecular flexibility index (Phi) is 3.80. The predicted octanol–water partition coefficient (Wildman–Crippen LogP) is 4.12. The summed E-state index contributed by atoms with van der Waals surface area (Å²) in [7, 11) is 0. The van der Waals surface area contributed by atoms with Gasteiger partial charge in [-0.25, -0.2) is 0 Å². The van der Waals surface area contributed by atoms with Crippen LogP contribution in [0.3, 0.4) is 0 Å². The normalized spacial score (nSPS) is 17.0. The minimum absolute atomic E-state index is 0.0280. The van der Waals surface area contributed by atoms with Gasteiger partial charge >= 0.3 is 0 Å². The Morgan fingerprint density at radius 3 is 2.32 bits per heavy atom. The van der Waals surface area contributed by atoms with E-state index < -0.39 is 0 Å². The number of hydrogen-bond acceptors (Lipinski definition) is 1. The fraction of sp³-hybridized carbons (Fsp3) is 0.500. The molecule has 0 spiro atoms. The highest BCUT2D eigenvalue weighted by molar-refractivity contribution is 5.92. The Hall–Kier alpha value is -1.55. The number of hydrogen-bond donors (Lipinski definition) is 0. The van der Waals surface area contributed by atoms with Crippen molar-refractivity contribution in [1.29, 1.82) is 0 Å². The van der Waals surface area contributed by atoms with Crippen molar-refractivity contribution in [3.05, 3.63) is 35.9 Å². The summed E-state index contributed by atoms with van der Waals surface area (Å²) in [6.07, 6.45) is 3.49. The van der Waals surface area contributed by atoms with E-state index in [1.54, 1.807) is 0 Å². The summed E-state index contributed by atoms with van der Waals surface area (Å²) in [5, 5.41) is 0. The van der Waals surface area contributed by atoms with Gasteiger partial charge in [-0.3, -0.25) is 4.79 Å². The Balaban J connectivity index is 2.14. The zero-order chi connectivity index (χ0) is 13.9. The standard InChI is InChI=1S/C18H22O/c1-17(2,3)12-7-11-16(19)18(13-8-14-18)15-9-5-4-6-10-15/h4-6,9-10H,8,11,13-14H2,1-3H3. The van der Waals surface area contributed by atoms with E-state index in [0.717, 1.165) is 19.3 Å². The van der Waals surface area contributed by atoms with Gasteiger partial charge in [0.15, 0.2) is 5.78 Å². The molecule has 1 nitrogen and oxygen atoms in total. The Morgan fingerprint density at radius 1 is 1.21 bits per heavy atom. The van der Waals surface area contributed by atoms with E-state index in [9.17, 15) is 4.79 Å². The third-order valence-electron chi connectivity index (χ3n) is 3.78. The van der Waals surface area contributed by atoms with Gasteiger partial charge in [0.1, 0.15) is 0 Å². The van der Waals surface area contributed by atoms with E-state index >= 15 is 0 Å². The van der Waals surface area contributed by atoms with Gasteiger partial charge in [0.05, 0.1) is 11.8 Å². The largest absolute Gasteiger partial charge is 0.298 e. The van der Waals surface area contributed by atoms with Crippen LogP contribution in [-0.2, 0) is 10.2 Å². The molecule has 2 rings (SSSR count). The molecular formula is C18H22O. The summed E-state index contributed by atoms with van der Waals surface area (Å²) in [6.45, 7) is 6.21. The van der Waals surface area contributed by atoms with E-state index in [-0.39, 0.29) is 10.8 Å². The maximum absolute atomic E-state index is 12.5. The van der Waals surface area contributed by atoms with Gasteiger partial charge in [-0.05, 0) is 39.2 Å². The fourth-order valence-electron chi connectivity index (χ4n) is 2.57. The molecule has 1 fully saturated rings. The lowest BCUT2D eigenvalue weighted by molar-refractivity contribution is -0.126. The topological polar surface area (TPSA) is 17.1 Å². The highest BCUT2D eigenvalue weighted by Crippen LogP contribution is 2.45. The lowest BCUT2D eigenvalue weighted by atomic mass is 9.61. The molecule has 1 aliphatic carbocycles. The van der Waals surface area contributed by atoms with E-state index in [2.05, 4.69) is 44.7 Å². The van der Waals surface area contributed by atoms with Crippen LogP contribution in [0.5, 0.6) is 0 Å². The number of carbonyl (C=O) groups excluding carboxylic acids is 1. The van der Waals surface area contributed by atoms with E-state index in [1.165, 1.54) is 5.56 Å². The van der Waals surface area contributed by atoms with Crippen molar-refractivity contribution < 1.29 is 4.79 Å². The van der Waals surface area contributed by atoms with Crippen molar-refractivity contribution in [3.8, 4) is 11.8 Å². The Morgan fingerprint density at radius 2 is 1.84 bits per heavy atom. The van der Waals surface area contributed by atoms with Crippen LogP contribution >= 0.6 is 0 Å². The van der Waals surface area contributed by atoms with Crippen molar-refractivity contribution in [2.45, 2.75) is 51.9 Å². The summed E-state index contributed by atoms with van der Waals surface area (Å²) in [5.41, 5.74) is 0.900. The lowest BCUT2D eigenvalue weighted by Gasteiger charge is -2.40. The molecule has 0 heterocycles. The van der Waals surface area contributed by atoms with Crippen LogP contribution < -0.4 is 0 Å². The number of rotatable bonds is 3. The Bertz CT molecular complexity index is 504. The molecular weight excluding hydrogens is 232 g/mol. The van der Waals surface area contributed by atoms with E-state index in [1.807, 2.05) is 18.2 Å². The molecule has 0 atom stereocenters. The highest BCUT2D eigenvalue weighted by atomic mass is 16.1. The molecule has 100 valence electrons. The number of benzene rings is 1. The molecule has 1 aromatic carbocycles. The van der Waals surface area contributed by atoms with Crippen LogP contribution in [0, 0.1) is 17.3 Å². The van der Waals surface area contributed by atoms with Gasteiger partial charge in [-0.15, -0.1) is 0 Å². The summed E-state index contributed by atoms with van der Waals surface area (Å²) >= 11 is 0. The van der Waals surface area contributed by atoms with Gasteiger partial charge in [0, 0.05) is 5.41 Å². The molecule has 19 heavy (non-hydrogen) atoms. The maximum Gasteiger partial charge on any atom is 0.155 e. The third kappa shape index (κ3) is 3.07. The molecule has 0 N–H and O–H groups in total. The van der Waals surface area contributed by atoms with Crippen molar-refractivity contribution in [3.63, 3.8) is 0 Å². The number of ketones is 1. The molecule has 0 unspecified atom stereocenters. The second kappa shape index (κ2) is 5.21. The third-order valence-corrected chi connectivity index (χ3v) is 3.78. The first-order chi connectivity index (χ1) is 8.94. The van der Waals surface area contributed by atoms with Crippen LogP contribution in [0.15, 0.2) is 30.3 Å². The molecule has 0 aliphatic heterocycles. The molecule has 0 aromatic heterocycles. The number of Topliss-reactive ketones (excluding diaryl/α,β-unsaturated/α-hetero) is 1. The van der Waals surface area contributed by atoms with E-state index in [4.69, 9.17) is 0 Å². The zero-order valence-electron chi connectivity index (χ0n) is 12.1. The van der Waals surface area contributed by atoms with Crippen molar-refractivity contribution in [2.24, 2.45) is 5.41 Å². The van der Waals surface area contributed by atoms with Gasteiger partial charge in [0.25, 0.3) is 0 Å². The van der Waals surface area contributed by atoms with Crippen LogP contribution in [0.4, 0.5) is 0 Å². The zero-order valence-corrected chi connectivity index (χ0v) is 12.1. The first-order valence-electron chi connectivity index (χ1n) is 7.03. The predicted molar refractivity (Wildman–Crippen MR) is 78.8 cm³/mol. The first kappa shape index (κ1) is 13.9. The van der Waals surface area contributed by atoms with Crippen molar-refractivity contribution in [2.75, 3.05) is 0 Å². The van der Waals surface area contributed by atoms with Crippen molar-refractivity contribution >= 4 is 5.78 Å².